The molecule has 0 heterocycles. The van der Waals surface area contributed by atoms with Gasteiger partial charge in [-0.2, -0.15) is 0 Å². The minimum atomic E-state index is -0.248. The molecule has 0 aromatic heterocycles. The van der Waals surface area contributed by atoms with Gasteiger partial charge in [-0.15, -0.1) is 0 Å². The normalized spacial score (nSPS) is 42.7. The maximum Gasteiger partial charge on any atom is 0.166 e. The van der Waals surface area contributed by atoms with Gasteiger partial charge in [-0.25, -0.2) is 4.39 Å². The van der Waals surface area contributed by atoms with Crippen molar-refractivity contribution in [1.82, 2.24) is 0 Å². The zero-order chi connectivity index (χ0) is 23.3. The molecule has 0 radical (unpaired) electrons. The van der Waals surface area contributed by atoms with Crippen molar-refractivity contribution in [3.63, 3.8) is 0 Å². The van der Waals surface area contributed by atoms with Crippen molar-refractivity contribution in [1.29, 1.82) is 0 Å². The molecule has 7 unspecified atom stereocenters. The summed E-state index contributed by atoms with van der Waals surface area (Å²) in [4.78, 5) is 13.5. The van der Waals surface area contributed by atoms with Crippen molar-refractivity contribution in [3.8, 4) is 0 Å². The van der Waals surface area contributed by atoms with E-state index in [0.717, 1.165) is 30.1 Å². The number of hydrogen-bond acceptors (Lipinski definition) is 1. The number of ketones is 1. The molecule has 0 amide bonds. The fourth-order valence-corrected chi connectivity index (χ4v) is 8.85. The molecule has 1 aromatic carbocycles. The van der Waals surface area contributed by atoms with Crippen LogP contribution in [0.1, 0.15) is 108 Å². The van der Waals surface area contributed by atoms with Gasteiger partial charge in [0.25, 0.3) is 0 Å². The fraction of sp³-hybridized carbons (Fsp3) is 0.767. The highest BCUT2D eigenvalue weighted by atomic mass is 19.1. The Bertz CT molecular complexity index is 845. The molecular weight excluding hydrogens is 395 g/mol. The van der Waals surface area contributed by atoms with Gasteiger partial charge in [-0.1, -0.05) is 53.2 Å². The summed E-state index contributed by atoms with van der Waals surface area (Å²) in [5.41, 5.74) is 1.84. The molecule has 8 atom stereocenters. The van der Waals surface area contributed by atoms with Gasteiger partial charge in [0.15, 0.2) is 5.78 Å². The molecule has 0 saturated heterocycles. The maximum atomic E-state index is 14.2. The van der Waals surface area contributed by atoms with E-state index in [9.17, 15) is 9.18 Å². The lowest BCUT2D eigenvalue weighted by molar-refractivity contribution is -0.114. The van der Waals surface area contributed by atoms with Crippen molar-refractivity contribution in [2.45, 2.75) is 99.3 Å². The van der Waals surface area contributed by atoms with E-state index >= 15 is 0 Å². The zero-order valence-electron chi connectivity index (χ0n) is 21.3. The number of hydrogen-bond donors (Lipinski definition) is 0. The highest BCUT2D eigenvalue weighted by Gasteiger charge is 2.61. The summed E-state index contributed by atoms with van der Waals surface area (Å²) in [7, 11) is 0. The summed E-state index contributed by atoms with van der Waals surface area (Å²) in [6.07, 6.45) is 11.7. The average Bonchev–Trinajstić information content (AvgIpc) is 3.14. The molecule has 0 bridgehead atoms. The Hall–Kier alpha value is -1.18. The third-order valence-electron chi connectivity index (χ3n) is 10.7. The highest BCUT2D eigenvalue weighted by Crippen LogP contribution is 2.68. The molecular formula is C30H45FO. The Labute approximate surface area is 195 Å². The molecule has 4 aliphatic carbocycles. The third-order valence-corrected chi connectivity index (χ3v) is 10.7. The van der Waals surface area contributed by atoms with E-state index in [0.29, 0.717) is 22.5 Å². The van der Waals surface area contributed by atoms with Crippen LogP contribution >= 0.6 is 0 Å². The van der Waals surface area contributed by atoms with Crippen LogP contribution in [0.15, 0.2) is 18.2 Å². The predicted octanol–water partition coefficient (Wildman–Crippen LogP) is 8.64. The second-order valence-electron chi connectivity index (χ2n) is 12.0. The fourth-order valence-electron chi connectivity index (χ4n) is 8.85. The van der Waals surface area contributed by atoms with Crippen molar-refractivity contribution in [3.05, 3.63) is 35.1 Å². The maximum absolute atomic E-state index is 14.2. The van der Waals surface area contributed by atoms with Crippen LogP contribution in [0.5, 0.6) is 0 Å². The molecule has 178 valence electrons. The van der Waals surface area contributed by atoms with Gasteiger partial charge in [-0.05, 0) is 110 Å². The van der Waals surface area contributed by atoms with Gasteiger partial charge in [0.2, 0.25) is 0 Å². The largest absolute Gasteiger partial charge is 0.294 e. The van der Waals surface area contributed by atoms with E-state index in [2.05, 4.69) is 20.8 Å². The van der Waals surface area contributed by atoms with Gasteiger partial charge < -0.3 is 0 Å². The number of fused-ring (bicyclic) bond motifs is 5. The molecule has 2 heteroatoms. The Morgan fingerprint density at radius 2 is 1.62 bits per heavy atom. The van der Waals surface area contributed by atoms with Crippen LogP contribution in [0.4, 0.5) is 4.39 Å². The van der Waals surface area contributed by atoms with Crippen molar-refractivity contribution in [2.75, 3.05) is 0 Å². The molecule has 0 N–H and O–H groups in total. The molecule has 0 aliphatic heterocycles. The van der Waals surface area contributed by atoms with E-state index in [1.54, 1.807) is 13.0 Å². The van der Waals surface area contributed by atoms with Crippen molar-refractivity contribution in [2.24, 2.45) is 46.3 Å². The first-order valence-electron chi connectivity index (χ1n) is 13.5. The summed E-state index contributed by atoms with van der Waals surface area (Å²) < 4.78 is 14.2. The first-order chi connectivity index (χ1) is 15.2. The number of carbonyl (C=O) groups excluding carboxylic acids is 1. The monoisotopic (exact) mass is 440 g/mol. The van der Waals surface area contributed by atoms with Crippen LogP contribution in [-0.4, -0.2) is 5.78 Å². The Balaban J connectivity index is 0.00000119. The molecule has 1 nitrogen and oxygen atoms in total. The van der Waals surface area contributed by atoms with E-state index in [-0.39, 0.29) is 22.9 Å². The topological polar surface area (TPSA) is 17.1 Å². The van der Waals surface area contributed by atoms with Gasteiger partial charge in [0.05, 0.1) is 0 Å². The summed E-state index contributed by atoms with van der Waals surface area (Å²) in [5.74, 6) is 4.17. The Morgan fingerprint density at radius 1 is 0.938 bits per heavy atom. The van der Waals surface area contributed by atoms with Crippen LogP contribution in [0, 0.1) is 59.1 Å². The smallest absolute Gasteiger partial charge is 0.166 e. The third kappa shape index (κ3) is 3.68. The Kier molecular flexibility index (Phi) is 6.65. The van der Waals surface area contributed by atoms with Gasteiger partial charge in [0.1, 0.15) is 5.82 Å². The number of carbonyl (C=O) groups is 1. The van der Waals surface area contributed by atoms with E-state index in [1.165, 1.54) is 57.4 Å². The minimum absolute atomic E-state index is 0.0717. The van der Waals surface area contributed by atoms with Crippen LogP contribution in [0.3, 0.4) is 0 Å². The van der Waals surface area contributed by atoms with Crippen LogP contribution in [0.25, 0.3) is 0 Å². The summed E-state index contributed by atoms with van der Waals surface area (Å²) in [6, 6.07) is 5.09. The quantitative estimate of drug-likeness (QED) is 0.421. The molecule has 32 heavy (non-hydrogen) atoms. The number of benzene rings is 1. The van der Waals surface area contributed by atoms with E-state index < -0.39 is 0 Å². The average molecular weight is 441 g/mol. The van der Waals surface area contributed by atoms with Gasteiger partial charge in [0, 0.05) is 11.5 Å². The van der Waals surface area contributed by atoms with Gasteiger partial charge >= 0.3 is 0 Å². The van der Waals surface area contributed by atoms with Crippen LogP contribution < -0.4 is 0 Å². The molecule has 4 saturated carbocycles. The first-order valence-corrected chi connectivity index (χ1v) is 13.5. The summed E-state index contributed by atoms with van der Waals surface area (Å²) in [5, 5.41) is 0. The second kappa shape index (κ2) is 8.88. The lowest BCUT2D eigenvalue weighted by atomic mass is 9.44. The minimum Gasteiger partial charge on any atom is -0.294 e. The van der Waals surface area contributed by atoms with E-state index in [1.807, 2.05) is 19.9 Å². The zero-order valence-corrected chi connectivity index (χ0v) is 21.3. The van der Waals surface area contributed by atoms with Crippen molar-refractivity contribution >= 4 is 5.78 Å². The number of halogens is 1. The van der Waals surface area contributed by atoms with Gasteiger partial charge in [-0.3, -0.25) is 4.79 Å². The Morgan fingerprint density at radius 3 is 2.34 bits per heavy atom. The molecule has 4 fully saturated rings. The molecule has 4 aliphatic rings. The molecule has 5 rings (SSSR count). The number of rotatable bonds is 2. The first kappa shape index (κ1) is 24.0. The predicted molar refractivity (Wildman–Crippen MR) is 131 cm³/mol. The van der Waals surface area contributed by atoms with Crippen LogP contribution in [0.2, 0.25) is 0 Å². The molecule has 1 aromatic rings. The van der Waals surface area contributed by atoms with Crippen molar-refractivity contribution < 1.29 is 9.18 Å². The standard InChI is InChI=1S/C28H39FO.C2H6/c1-17-11-13-27(3)20(15-17)7-8-21-22-9-10-24(28(22,4)14-12-23(21)27)26(30)19-6-5-18(2)25(29)16-19;1-2/h5-6,16-17,20-24H,7-15H2,1-4H3;1-2H3/t17?,20?,21?,22?,23?,24-,27?,28?;/m1./s1. The lowest BCUT2D eigenvalue weighted by Gasteiger charge is -2.61. The lowest BCUT2D eigenvalue weighted by Crippen LogP contribution is -2.53. The summed E-state index contributed by atoms with van der Waals surface area (Å²) >= 11 is 0. The summed E-state index contributed by atoms with van der Waals surface area (Å²) in [6.45, 7) is 13.2. The second-order valence-corrected chi connectivity index (χ2v) is 12.0. The SMILES string of the molecule is CC.Cc1ccc(C(=O)[C@H]2CCC3C4CCC5CC(C)CCC5(C)C4CCC32C)cc1F. The highest BCUT2D eigenvalue weighted by molar-refractivity contribution is 5.98. The van der Waals surface area contributed by atoms with E-state index in [4.69, 9.17) is 0 Å². The number of aryl methyl sites for hydroxylation is 1. The number of Topliss-reactive ketones (excluding diaryl/α,β-unsaturated/α-hetero) is 1. The molecule has 0 spiro atoms. The van der Waals surface area contributed by atoms with Crippen LogP contribution in [-0.2, 0) is 0 Å².